The summed E-state index contributed by atoms with van der Waals surface area (Å²) in [6.07, 6.45) is 1.04. The highest BCUT2D eigenvalue weighted by atomic mass is 79.9. The molecule has 0 aliphatic carbocycles. The van der Waals surface area contributed by atoms with Crippen molar-refractivity contribution in [3.05, 3.63) is 28.2 Å². The zero-order valence-electron chi connectivity index (χ0n) is 10.4. The number of nitrogens with one attached hydrogen (secondary N) is 1. The van der Waals surface area contributed by atoms with Gasteiger partial charge in [-0.15, -0.1) is 0 Å². The Bertz CT molecular complexity index is 416. The highest BCUT2D eigenvalue weighted by molar-refractivity contribution is 9.10. The van der Waals surface area contributed by atoms with Crippen LogP contribution in [0.1, 0.15) is 37.6 Å². The molecule has 2 N–H and O–H groups in total. The van der Waals surface area contributed by atoms with Gasteiger partial charge in [-0.3, -0.25) is 0 Å². The van der Waals surface area contributed by atoms with Crippen LogP contribution in [0.4, 0.5) is 5.69 Å². The average molecular weight is 300 g/mol. The van der Waals surface area contributed by atoms with Gasteiger partial charge in [-0.2, -0.15) is 0 Å². The number of carbonyl (C=O) groups is 1. The maximum absolute atomic E-state index is 11.1. The summed E-state index contributed by atoms with van der Waals surface area (Å²) in [6.45, 7) is 7.19. The van der Waals surface area contributed by atoms with Gasteiger partial charge in [-0.25, -0.2) is 4.79 Å². The Kier molecular flexibility index (Phi) is 4.57. The van der Waals surface area contributed by atoms with Gasteiger partial charge in [0.25, 0.3) is 0 Å². The molecule has 0 fully saturated rings. The van der Waals surface area contributed by atoms with Crippen molar-refractivity contribution < 1.29 is 9.90 Å². The molecule has 1 aromatic rings. The highest BCUT2D eigenvalue weighted by Gasteiger charge is 2.17. The summed E-state index contributed by atoms with van der Waals surface area (Å²) in [7, 11) is 0. The summed E-state index contributed by atoms with van der Waals surface area (Å²) in [5.41, 5.74) is 1.12. The molecule has 0 unspecified atom stereocenters. The summed E-state index contributed by atoms with van der Waals surface area (Å²) < 4.78 is 0.773. The van der Waals surface area contributed by atoms with Gasteiger partial charge >= 0.3 is 5.97 Å². The lowest BCUT2D eigenvalue weighted by atomic mass is 9.90. The second-order valence-corrected chi connectivity index (χ2v) is 5.78. The largest absolute Gasteiger partial charge is 0.478 e. The van der Waals surface area contributed by atoms with E-state index in [0.29, 0.717) is 11.3 Å². The van der Waals surface area contributed by atoms with E-state index in [0.717, 1.165) is 17.4 Å². The standard InChI is InChI=1S/C13H18BrNO2/c1-4-13(2,3)8-15-11-6-5-9(14)7-10(11)12(16)17/h5-7,15H,4,8H2,1-3H3,(H,16,17). The Morgan fingerprint density at radius 2 is 2.12 bits per heavy atom. The van der Waals surface area contributed by atoms with E-state index in [9.17, 15) is 4.79 Å². The molecule has 94 valence electrons. The summed E-state index contributed by atoms with van der Waals surface area (Å²) in [4.78, 5) is 11.1. The third kappa shape index (κ3) is 4.04. The number of rotatable bonds is 5. The van der Waals surface area contributed by atoms with Crippen LogP contribution < -0.4 is 5.32 Å². The Balaban J connectivity index is 2.88. The molecule has 0 aromatic heterocycles. The predicted octanol–water partition coefficient (Wildman–Crippen LogP) is 4.00. The average Bonchev–Trinajstić information content (AvgIpc) is 2.27. The smallest absolute Gasteiger partial charge is 0.337 e. The quantitative estimate of drug-likeness (QED) is 0.864. The van der Waals surface area contributed by atoms with Crippen LogP contribution in [0.3, 0.4) is 0 Å². The van der Waals surface area contributed by atoms with Crippen LogP contribution >= 0.6 is 15.9 Å². The van der Waals surface area contributed by atoms with Crippen molar-refractivity contribution in [1.82, 2.24) is 0 Å². The summed E-state index contributed by atoms with van der Waals surface area (Å²) in [6, 6.07) is 5.25. The molecule has 0 atom stereocenters. The molecule has 0 saturated heterocycles. The van der Waals surface area contributed by atoms with Gasteiger partial charge in [0.15, 0.2) is 0 Å². The van der Waals surface area contributed by atoms with Crippen molar-refractivity contribution >= 4 is 27.6 Å². The lowest BCUT2D eigenvalue weighted by molar-refractivity contribution is 0.0697. The SMILES string of the molecule is CCC(C)(C)CNc1ccc(Br)cc1C(=O)O. The molecule has 1 aromatic carbocycles. The Morgan fingerprint density at radius 3 is 2.65 bits per heavy atom. The second kappa shape index (κ2) is 5.54. The number of hydrogen-bond donors (Lipinski definition) is 2. The van der Waals surface area contributed by atoms with Crippen LogP contribution in [0.15, 0.2) is 22.7 Å². The molecular weight excluding hydrogens is 282 g/mol. The number of halogens is 1. The van der Waals surface area contributed by atoms with Crippen molar-refractivity contribution in [3.63, 3.8) is 0 Å². The van der Waals surface area contributed by atoms with Crippen LogP contribution in [0.5, 0.6) is 0 Å². The number of carboxylic acids is 1. The molecule has 0 amide bonds. The van der Waals surface area contributed by atoms with Gasteiger partial charge in [0.2, 0.25) is 0 Å². The van der Waals surface area contributed by atoms with E-state index in [1.165, 1.54) is 0 Å². The summed E-state index contributed by atoms with van der Waals surface area (Å²) in [5.74, 6) is -0.914. The van der Waals surface area contributed by atoms with Crippen molar-refractivity contribution in [3.8, 4) is 0 Å². The molecule has 4 heteroatoms. The van der Waals surface area contributed by atoms with Gasteiger partial charge < -0.3 is 10.4 Å². The lowest BCUT2D eigenvalue weighted by Crippen LogP contribution is -2.22. The first-order valence-electron chi connectivity index (χ1n) is 5.62. The minimum Gasteiger partial charge on any atom is -0.478 e. The van der Waals surface area contributed by atoms with Crippen molar-refractivity contribution in [2.45, 2.75) is 27.2 Å². The monoisotopic (exact) mass is 299 g/mol. The number of aromatic carboxylic acids is 1. The van der Waals surface area contributed by atoms with E-state index >= 15 is 0 Å². The fourth-order valence-electron chi connectivity index (χ4n) is 1.31. The maximum Gasteiger partial charge on any atom is 0.337 e. The molecule has 0 aliphatic rings. The molecule has 0 bridgehead atoms. The number of benzene rings is 1. The first kappa shape index (κ1) is 14.0. The molecule has 0 spiro atoms. The van der Waals surface area contributed by atoms with Crippen LogP contribution in [0, 0.1) is 5.41 Å². The molecule has 17 heavy (non-hydrogen) atoms. The van der Waals surface area contributed by atoms with Gasteiger partial charge in [0.05, 0.1) is 5.56 Å². The fourth-order valence-corrected chi connectivity index (χ4v) is 1.67. The van der Waals surface area contributed by atoms with Gasteiger partial charge in [-0.1, -0.05) is 36.7 Å². The molecular formula is C13H18BrNO2. The molecule has 0 heterocycles. The van der Waals surface area contributed by atoms with E-state index in [1.807, 2.05) is 6.07 Å². The molecule has 1 rings (SSSR count). The van der Waals surface area contributed by atoms with E-state index in [2.05, 4.69) is 42.0 Å². The molecule has 0 radical (unpaired) electrons. The first-order valence-corrected chi connectivity index (χ1v) is 6.42. The van der Waals surface area contributed by atoms with E-state index in [1.54, 1.807) is 12.1 Å². The normalized spacial score (nSPS) is 11.3. The minimum absolute atomic E-state index is 0.156. The first-order chi connectivity index (χ1) is 7.85. The van der Waals surface area contributed by atoms with Crippen molar-refractivity contribution in [1.29, 1.82) is 0 Å². The Morgan fingerprint density at radius 1 is 1.47 bits per heavy atom. The number of hydrogen-bond acceptors (Lipinski definition) is 2. The minimum atomic E-state index is -0.914. The van der Waals surface area contributed by atoms with E-state index < -0.39 is 5.97 Å². The van der Waals surface area contributed by atoms with Crippen LogP contribution in [0.2, 0.25) is 0 Å². The van der Waals surface area contributed by atoms with Crippen molar-refractivity contribution in [2.75, 3.05) is 11.9 Å². The Labute approximate surface area is 110 Å². The second-order valence-electron chi connectivity index (χ2n) is 4.87. The Hall–Kier alpha value is -1.03. The number of carboxylic acid groups (broad SMARTS) is 1. The topological polar surface area (TPSA) is 49.3 Å². The zero-order valence-corrected chi connectivity index (χ0v) is 12.0. The lowest BCUT2D eigenvalue weighted by Gasteiger charge is -2.24. The highest BCUT2D eigenvalue weighted by Crippen LogP contribution is 2.24. The van der Waals surface area contributed by atoms with Gasteiger partial charge in [0.1, 0.15) is 0 Å². The molecule has 0 saturated carbocycles. The third-order valence-corrected chi connectivity index (χ3v) is 3.42. The van der Waals surface area contributed by atoms with E-state index in [-0.39, 0.29) is 5.41 Å². The summed E-state index contributed by atoms with van der Waals surface area (Å²) >= 11 is 3.28. The van der Waals surface area contributed by atoms with Crippen LogP contribution in [-0.2, 0) is 0 Å². The van der Waals surface area contributed by atoms with Crippen LogP contribution in [-0.4, -0.2) is 17.6 Å². The van der Waals surface area contributed by atoms with Gasteiger partial charge in [-0.05, 0) is 30.0 Å². The maximum atomic E-state index is 11.1. The van der Waals surface area contributed by atoms with Crippen LogP contribution in [0.25, 0.3) is 0 Å². The fraction of sp³-hybridized carbons (Fsp3) is 0.462. The van der Waals surface area contributed by atoms with Crippen molar-refractivity contribution in [2.24, 2.45) is 5.41 Å². The van der Waals surface area contributed by atoms with Gasteiger partial charge in [0, 0.05) is 16.7 Å². The van der Waals surface area contributed by atoms with E-state index in [4.69, 9.17) is 5.11 Å². The molecule has 0 aliphatic heterocycles. The number of anilines is 1. The third-order valence-electron chi connectivity index (χ3n) is 2.93. The molecule has 3 nitrogen and oxygen atoms in total. The predicted molar refractivity (Wildman–Crippen MR) is 73.7 cm³/mol. The summed E-state index contributed by atoms with van der Waals surface area (Å²) in [5, 5.41) is 12.3. The zero-order chi connectivity index (χ0) is 13.1.